The first-order valence-electron chi connectivity index (χ1n) is 10.4. The number of nitrogens with zero attached hydrogens (tertiary/aromatic N) is 1. The molecule has 0 unspecified atom stereocenters. The number of benzene rings is 2. The van der Waals surface area contributed by atoms with Gasteiger partial charge in [0, 0.05) is 0 Å². The van der Waals surface area contributed by atoms with Gasteiger partial charge in [0.1, 0.15) is 5.70 Å². The molecule has 0 aromatic heterocycles. The maximum absolute atomic E-state index is 12.9. The number of carbonyl (C=O) groups is 2. The van der Waals surface area contributed by atoms with Gasteiger partial charge >= 0.3 is 6.03 Å². The number of halogens is 1. The Bertz CT molecular complexity index is 1020. The SMILES string of the molecule is CCOc1cc(/C=C2/NC(=O)N(Cc3cccc(C)c3)C2=O)cc(Br)c1O[C@H](C)CC. The number of hydrogen-bond donors (Lipinski definition) is 1. The lowest BCUT2D eigenvalue weighted by molar-refractivity contribution is -0.123. The molecule has 2 aromatic rings. The molecule has 3 amide bonds. The molecule has 1 saturated heterocycles. The minimum absolute atomic E-state index is 0.0330. The summed E-state index contributed by atoms with van der Waals surface area (Å²) in [5.74, 6) is 0.846. The zero-order valence-corrected chi connectivity index (χ0v) is 19.8. The van der Waals surface area contributed by atoms with Crippen LogP contribution in [0.2, 0.25) is 0 Å². The Kier molecular flexibility index (Phi) is 7.38. The number of ether oxygens (including phenoxy) is 2. The second-order valence-electron chi connectivity index (χ2n) is 7.47. The van der Waals surface area contributed by atoms with Gasteiger partial charge in [0.2, 0.25) is 0 Å². The predicted molar refractivity (Wildman–Crippen MR) is 124 cm³/mol. The van der Waals surface area contributed by atoms with E-state index in [0.29, 0.717) is 23.7 Å². The monoisotopic (exact) mass is 486 g/mol. The van der Waals surface area contributed by atoms with Crippen molar-refractivity contribution in [3.63, 3.8) is 0 Å². The number of imide groups is 1. The Morgan fingerprint density at radius 2 is 1.97 bits per heavy atom. The van der Waals surface area contributed by atoms with Crippen LogP contribution in [0.5, 0.6) is 11.5 Å². The van der Waals surface area contributed by atoms with Gasteiger partial charge in [-0.25, -0.2) is 4.79 Å². The highest BCUT2D eigenvalue weighted by atomic mass is 79.9. The number of nitrogens with one attached hydrogen (secondary N) is 1. The fourth-order valence-corrected chi connectivity index (χ4v) is 3.76. The molecule has 1 fully saturated rings. The van der Waals surface area contributed by atoms with Crippen molar-refractivity contribution < 1.29 is 19.1 Å². The zero-order chi connectivity index (χ0) is 22.5. The molecule has 1 aliphatic rings. The molecule has 7 heteroatoms. The fourth-order valence-electron chi connectivity index (χ4n) is 3.21. The molecule has 3 rings (SSSR count). The van der Waals surface area contributed by atoms with Crippen LogP contribution in [0.3, 0.4) is 0 Å². The lowest BCUT2D eigenvalue weighted by Gasteiger charge is -2.18. The zero-order valence-electron chi connectivity index (χ0n) is 18.2. The van der Waals surface area contributed by atoms with Crippen molar-refractivity contribution in [1.29, 1.82) is 0 Å². The van der Waals surface area contributed by atoms with Crippen molar-refractivity contribution in [2.45, 2.75) is 46.8 Å². The molecule has 0 saturated carbocycles. The minimum Gasteiger partial charge on any atom is -0.490 e. The van der Waals surface area contributed by atoms with E-state index in [1.54, 1.807) is 6.08 Å². The van der Waals surface area contributed by atoms with E-state index in [9.17, 15) is 9.59 Å². The molecule has 164 valence electrons. The smallest absolute Gasteiger partial charge is 0.329 e. The van der Waals surface area contributed by atoms with E-state index in [2.05, 4.69) is 28.2 Å². The maximum Gasteiger partial charge on any atom is 0.329 e. The molecule has 0 spiro atoms. The van der Waals surface area contributed by atoms with Crippen LogP contribution in [-0.4, -0.2) is 29.5 Å². The summed E-state index contributed by atoms with van der Waals surface area (Å²) in [6.07, 6.45) is 2.54. The molecular formula is C24H27BrN2O4. The first-order valence-corrected chi connectivity index (χ1v) is 11.1. The van der Waals surface area contributed by atoms with E-state index in [0.717, 1.165) is 22.0 Å². The van der Waals surface area contributed by atoms with Crippen molar-refractivity contribution in [3.8, 4) is 11.5 Å². The molecule has 1 heterocycles. The third kappa shape index (κ3) is 5.47. The van der Waals surface area contributed by atoms with Crippen LogP contribution in [0.1, 0.15) is 43.9 Å². The summed E-state index contributed by atoms with van der Waals surface area (Å²) in [6.45, 7) is 8.61. The van der Waals surface area contributed by atoms with Crippen molar-refractivity contribution >= 4 is 33.9 Å². The van der Waals surface area contributed by atoms with Crippen LogP contribution in [0.25, 0.3) is 6.08 Å². The highest BCUT2D eigenvalue weighted by Gasteiger charge is 2.33. The molecule has 31 heavy (non-hydrogen) atoms. The lowest BCUT2D eigenvalue weighted by atomic mass is 10.1. The number of urea groups is 1. The van der Waals surface area contributed by atoms with Gasteiger partial charge in [0.15, 0.2) is 11.5 Å². The topological polar surface area (TPSA) is 67.9 Å². The van der Waals surface area contributed by atoms with E-state index < -0.39 is 6.03 Å². The molecular weight excluding hydrogens is 460 g/mol. The maximum atomic E-state index is 12.9. The normalized spacial score (nSPS) is 15.9. The highest BCUT2D eigenvalue weighted by Crippen LogP contribution is 2.38. The predicted octanol–water partition coefficient (Wildman–Crippen LogP) is 5.43. The van der Waals surface area contributed by atoms with E-state index in [4.69, 9.17) is 9.47 Å². The average molecular weight is 487 g/mol. The number of amides is 3. The Morgan fingerprint density at radius 1 is 1.19 bits per heavy atom. The van der Waals surface area contributed by atoms with Crippen LogP contribution in [-0.2, 0) is 11.3 Å². The van der Waals surface area contributed by atoms with Gasteiger partial charge in [0.05, 0.1) is 23.7 Å². The number of hydrogen-bond acceptors (Lipinski definition) is 4. The van der Waals surface area contributed by atoms with Crippen LogP contribution < -0.4 is 14.8 Å². The van der Waals surface area contributed by atoms with Crippen molar-refractivity contribution in [2.24, 2.45) is 0 Å². The average Bonchev–Trinajstić information content (AvgIpc) is 2.98. The number of rotatable bonds is 8. The summed E-state index contributed by atoms with van der Waals surface area (Å²) in [5.41, 5.74) is 2.92. The minimum atomic E-state index is -0.432. The van der Waals surface area contributed by atoms with Gasteiger partial charge in [0.25, 0.3) is 5.91 Å². The second kappa shape index (κ2) is 10.0. The number of carbonyl (C=O) groups excluding carboxylic acids is 2. The molecule has 6 nitrogen and oxygen atoms in total. The molecule has 1 aliphatic heterocycles. The van der Waals surface area contributed by atoms with Gasteiger partial charge in [-0.3, -0.25) is 9.69 Å². The summed E-state index contributed by atoms with van der Waals surface area (Å²) >= 11 is 3.55. The third-order valence-electron chi connectivity index (χ3n) is 4.92. The van der Waals surface area contributed by atoms with Gasteiger partial charge < -0.3 is 14.8 Å². The van der Waals surface area contributed by atoms with Crippen molar-refractivity contribution in [1.82, 2.24) is 10.2 Å². The van der Waals surface area contributed by atoms with E-state index in [-0.39, 0.29) is 24.3 Å². The first-order chi connectivity index (χ1) is 14.8. The summed E-state index contributed by atoms with van der Waals surface area (Å²) < 4.78 is 12.5. The largest absolute Gasteiger partial charge is 0.490 e. The molecule has 1 N–H and O–H groups in total. The van der Waals surface area contributed by atoms with Gasteiger partial charge in [-0.05, 0) is 72.5 Å². The summed E-state index contributed by atoms with van der Waals surface area (Å²) in [4.78, 5) is 26.5. The third-order valence-corrected chi connectivity index (χ3v) is 5.51. The van der Waals surface area contributed by atoms with Gasteiger partial charge in [-0.1, -0.05) is 36.8 Å². The Balaban J connectivity index is 1.87. The van der Waals surface area contributed by atoms with Crippen LogP contribution in [0, 0.1) is 6.92 Å². The van der Waals surface area contributed by atoms with E-state index in [1.165, 1.54) is 4.90 Å². The summed E-state index contributed by atoms with van der Waals surface area (Å²) in [5, 5.41) is 2.68. The van der Waals surface area contributed by atoms with Gasteiger partial charge in [-0.2, -0.15) is 0 Å². The molecule has 2 aromatic carbocycles. The van der Waals surface area contributed by atoms with Crippen LogP contribution in [0.4, 0.5) is 4.79 Å². The Labute approximate surface area is 191 Å². The standard InChI is InChI=1S/C24H27BrN2O4/c1-5-16(4)31-22-19(25)11-18(13-21(22)30-6-2)12-20-23(28)27(24(29)26-20)14-17-9-7-8-15(3)10-17/h7-13,16H,5-6,14H2,1-4H3,(H,26,29)/b20-12+/t16-/m1/s1. The lowest BCUT2D eigenvalue weighted by Crippen LogP contribution is -2.30. The second-order valence-corrected chi connectivity index (χ2v) is 8.32. The quantitative estimate of drug-likeness (QED) is 0.399. The Morgan fingerprint density at radius 3 is 2.65 bits per heavy atom. The molecule has 1 atom stereocenters. The molecule has 0 bridgehead atoms. The number of aryl methyl sites for hydroxylation is 1. The first kappa shape index (κ1) is 22.9. The van der Waals surface area contributed by atoms with E-state index in [1.807, 2.05) is 57.2 Å². The molecule has 0 aliphatic carbocycles. The highest BCUT2D eigenvalue weighted by molar-refractivity contribution is 9.10. The summed E-state index contributed by atoms with van der Waals surface area (Å²) in [6, 6.07) is 11.0. The van der Waals surface area contributed by atoms with Crippen molar-refractivity contribution in [3.05, 3.63) is 63.3 Å². The van der Waals surface area contributed by atoms with Crippen LogP contribution in [0.15, 0.2) is 46.6 Å². The fraction of sp³-hybridized carbons (Fsp3) is 0.333. The van der Waals surface area contributed by atoms with Crippen LogP contribution >= 0.6 is 15.9 Å². The molecule has 0 radical (unpaired) electrons. The summed E-state index contributed by atoms with van der Waals surface area (Å²) in [7, 11) is 0. The van der Waals surface area contributed by atoms with Gasteiger partial charge in [-0.15, -0.1) is 0 Å². The van der Waals surface area contributed by atoms with E-state index >= 15 is 0 Å². The Hall–Kier alpha value is -2.80. The van der Waals surface area contributed by atoms with Crippen molar-refractivity contribution in [2.75, 3.05) is 6.61 Å².